The van der Waals surface area contributed by atoms with E-state index in [9.17, 15) is 18.4 Å². The van der Waals surface area contributed by atoms with Crippen LogP contribution in [0.15, 0.2) is 48.5 Å². The molecule has 1 aliphatic rings. The molecule has 1 N–H and O–H groups in total. The molecule has 1 saturated heterocycles. The smallest absolute Gasteiger partial charge is 0.248 e. The number of para-hydroxylation sites is 1. The standard InChI is InChI=1S/C19H18F2N2O2S/c1-2-17(24)23-16(18(25)22-15-9-4-3-8-14(15)21)11-26-19(23)12-6-5-7-13(20)10-12/h3-10,16,19H,2,11H2,1H3,(H,22,25). The van der Waals surface area contributed by atoms with Crippen molar-refractivity contribution in [2.75, 3.05) is 11.1 Å². The summed E-state index contributed by atoms with van der Waals surface area (Å²) in [5.74, 6) is -1.25. The highest BCUT2D eigenvalue weighted by atomic mass is 32.2. The molecule has 2 unspecified atom stereocenters. The first kappa shape index (κ1) is 18.4. The Morgan fingerprint density at radius 2 is 1.96 bits per heavy atom. The van der Waals surface area contributed by atoms with Crippen LogP contribution in [0.25, 0.3) is 0 Å². The fraction of sp³-hybridized carbons (Fsp3) is 0.263. The molecule has 0 radical (unpaired) electrons. The summed E-state index contributed by atoms with van der Waals surface area (Å²) in [6.45, 7) is 1.71. The van der Waals surface area contributed by atoms with Gasteiger partial charge >= 0.3 is 0 Å². The zero-order chi connectivity index (χ0) is 18.7. The highest BCUT2D eigenvalue weighted by molar-refractivity contribution is 7.99. The Morgan fingerprint density at radius 3 is 2.65 bits per heavy atom. The van der Waals surface area contributed by atoms with Crippen LogP contribution in [0.2, 0.25) is 0 Å². The van der Waals surface area contributed by atoms with Crippen LogP contribution in [0.1, 0.15) is 24.3 Å². The Morgan fingerprint density at radius 1 is 1.19 bits per heavy atom. The third-order valence-electron chi connectivity index (χ3n) is 4.16. The van der Waals surface area contributed by atoms with E-state index in [0.717, 1.165) is 0 Å². The Balaban J connectivity index is 1.85. The SMILES string of the molecule is CCC(=O)N1C(C(=O)Nc2ccccc2F)CSC1c1cccc(F)c1. The van der Waals surface area contributed by atoms with Crippen molar-refractivity contribution in [1.82, 2.24) is 4.90 Å². The van der Waals surface area contributed by atoms with Crippen molar-refractivity contribution in [3.63, 3.8) is 0 Å². The monoisotopic (exact) mass is 376 g/mol. The molecular weight excluding hydrogens is 358 g/mol. The number of nitrogens with one attached hydrogen (secondary N) is 1. The minimum Gasteiger partial charge on any atom is -0.322 e. The summed E-state index contributed by atoms with van der Waals surface area (Å²) in [6, 6.07) is 11.1. The van der Waals surface area contributed by atoms with Crippen LogP contribution in [0.3, 0.4) is 0 Å². The second kappa shape index (κ2) is 7.86. The molecular formula is C19H18F2N2O2S. The predicted molar refractivity (Wildman–Crippen MR) is 97.6 cm³/mol. The van der Waals surface area contributed by atoms with Crippen LogP contribution in [0.4, 0.5) is 14.5 Å². The molecule has 2 atom stereocenters. The number of anilines is 1. The van der Waals surface area contributed by atoms with Crippen molar-refractivity contribution in [2.45, 2.75) is 24.8 Å². The van der Waals surface area contributed by atoms with E-state index in [1.807, 2.05) is 0 Å². The van der Waals surface area contributed by atoms with Gasteiger partial charge in [-0.3, -0.25) is 9.59 Å². The molecule has 0 aliphatic carbocycles. The summed E-state index contributed by atoms with van der Waals surface area (Å²) in [5.41, 5.74) is 0.693. The molecule has 0 saturated carbocycles. The summed E-state index contributed by atoms with van der Waals surface area (Å²) in [6.07, 6.45) is 0.218. The lowest BCUT2D eigenvalue weighted by Gasteiger charge is -2.29. The van der Waals surface area contributed by atoms with Crippen LogP contribution in [-0.4, -0.2) is 28.5 Å². The van der Waals surface area contributed by atoms with Crippen LogP contribution in [0, 0.1) is 11.6 Å². The molecule has 1 heterocycles. The first-order chi connectivity index (χ1) is 12.5. The first-order valence-electron chi connectivity index (χ1n) is 8.25. The van der Waals surface area contributed by atoms with E-state index in [1.54, 1.807) is 25.1 Å². The molecule has 0 bridgehead atoms. The number of halogens is 2. The molecule has 4 nitrogen and oxygen atoms in total. The number of carbonyl (C=O) groups is 2. The van der Waals surface area contributed by atoms with E-state index >= 15 is 0 Å². The van der Waals surface area contributed by atoms with E-state index in [4.69, 9.17) is 0 Å². The fourth-order valence-corrected chi connectivity index (χ4v) is 4.33. The van der Waals surface area contributed by atoms with Crippen molar-refractivity contribution in [1.29, 1.82) is 0 Å². The number of amides is 2. The van der Waals surface area contributed by atoms with Crippen LogP contribution < -0.4 is 5.32 Å². The van der Waals surface area contributed by atoms with E-state index in [0.29, 0.717) is 11.3 Å². The second-order valence-corrected chi connectivity index (χ2v) is 6.99. The van der Waals surface area contributed by atoms with Gasteiger partial charge in [0.05, 0.1) is 5.69 Å². The van der Waals surface area contributed by atoms with E-state index < -0.39 is 29.0 Å². The number of benzene rings is 2. The largest absolute Gasteiger partial charge is 0.322 e. The number of nitrogens with zero attached hydrogens (tertiary/aromatic N) is 1. The van der Waals surface area contributed by atoms with Crippen LogP contribution in [0.5, 0.6) is 0 Å². The van der Waals surface area contributed by atoms with Gasteiger partial charge in [-0.2, -0.15) is 0 Å². The van der Waals surface area contributed by atoms with Gasteiger partial charge in [-0.05, 0) is 29.8 Å². The van der Waals surface area contributed by atoms with Gasteiger partial charge in [-0.15, -0.1) is 11.8 Å². The van der Waals surface area contributed by atoms with Gasteiger partial charge in [-0.1, -0.05) is 31.2 Å². The molecule has 2 aromatic rings. The first-order valence-corrected chi connectivity index (χ1v) is 9.29. The maximum Gasteiger partial charge on any atom is 0.248 e. The lowest BCUT2D eigenvalue weighted by molar-refractivity contribution is -0.137. The van der Waals surface area contributed by atoms with Crippen molar-refractivity contribution < 1.29 is 18.4 Å². The second-order valence-electron chi connectivity index (χ2n) is 5.88. The highest BCUT2D eigenvalue weighted by Crippen LogP contribution is 2.42. The van der Waals surface area contributed by atoms with Gasteiger partial charge in [0.15, 0.2) is 0 Å². The van der Waals surface area contributed by atoms with Crippen molar-refractivity contribution in [2.24, 2.45) is 0 Å². The Hall–Kier alpha value is -2.41. The Kier molecular flexibility index (Phi) is 5.56. The molecule has 1 aliphatic heterocycles. The molecule has 3 rings (SSSR count). The quantitative estimate of drug-likeness (QED) is 0.879. The van der Waals surface area contributed by atoms with Crippen molar-refractivity contribution >= 4 is 29.3 Å². The maximum atomic E-state index is 13.8. The summed E-state index contributed by atoms with van der Waals surface area (Å²) in [5, 5.41) is 2.10. The topological polar surface area (TPSA) is 49.4 Å². The molecule has 0 spiro atoms. The molecule has 7 heteroatoms. The molecule has 2 aromatic carbocycles. The number of hydrogen-bond donors (Lipinski definition) is 1. The average molecular weight is 376 g/mol. The van der Waals surface area contributed by atoms with Gasteiger partial charge in [0.25, 0.3) is 0 Å². The van der Waals surface area contributed by atoms with Crippen molar-refractivity contribution in [3.8, 4) is 0 Å². The normalized spacial score (nSPS) is 19.4. The molecule has 26 heavy (non-hydrogen) atoms. The number of hydrogen-bond acceptors (Lipinski definition) is 3. The third kappa shape index (κ3) is 3.72. The van der Waals surface area contributed by atoms with E-state index in [1.165, 1.54) is 47.0 Å². The summed E-state index contributed by atoms with van der Waals surface area (Å²) in [7, 11) is 0. The van der Waals surface area contributed by atoms with Gasteiger partial charge in [0.1, 0.15) is 23.1 Å². The molecule has 136 valence electrons. The van der Waals surface area contributed by atoms with Gasteiger partial charge in [0.2, 0.25) is 11.8 Å². The fourth-order valence-electron chi connectivity index (χ4n) is 2.89. The molecule has 2 amide bonds. The van der Waals surface area contributed by atoms with Crippen molar-refractivity contribution in [3.05, 3.63) is 65.7 Å². The molecule has 0 aromatic heterocycles. The lowest BCUT2D eigenvalue weighted by Crippen LogP contribution is -2.45. The zero-order valence-corrected chi connectivity index (χ0v) is 14.9. The summed E-state index contributed by atoms with van der Waals surface area (Å²) < 4.78 is 27.4. The zero-order valence-electron chi connectivity index (χ0n) is 14.1. The summed E-state index contributed by atoms with van der Waals surface area (Å²) >= 11 is 1.39. The van der Waals surface area contributed by atoms with Gasteiger partial charge in [-0.25, -0.2) is 8.78 Å². The maximum absolute atomic E-state index is 13.8. The number of rotatable bonds is 4. The van der Waals surface area contributed by atoms with Crippen LogP contribution in [-0.2, 0) is 9.59 Å². The van der Waals surface area contributed by atoms with Crippen LogP contribution >= 0.6 is 11.8 Å². The third-order valence-corrected chi connectivity index (χ3v) is 5.48. The Labute approximate surface area is 154 Å². The van der Waals surface area contributed by atoms with E-state index in [-0.39, 0.29) is 18.0 Å². The highest BCUT2D eigenvalue weighted by Gasteiger charge is 2.41. The average Bonchev–Trinajstić information content (AvgIpc) is 3.08. The lowest BCUT2D eigenvalue weighted by atomic mass is 10.1. The van der Waals surface area contributed by atoms with E-state index in [2.05, 4.69) is 5.32 Å². The molecule has 1 fully saturated rings. The number of thioether (sulfide) groups is 1. The number of carbonyl (C=O) groups excluding carboxylic acids is 2. The van der Waals surface area contributed by atoms with Gasteiger partial charge in [0, 0.05) is 12.2 Å². The van der Waals surface area contributed by atoms with Gasteiger partial charge < -0.3 is 10.2 Å². The minimum atomic E-state index is -0.750. The predicted octanol–water partition coefficient (Wildman–Crippen LogP) is 3.96. The minimum absolute atomic E-state index is 0.0700. The Bertz CT molecular complexity index is 831. The summed E-state index contributed by atoms with van der Waals surface area (Å²) in [4.78, 5) is 26.6.